The molecule has 0 bridgehead atoms. The van der Waals surface area contributed by atoms with Gasteiger partial charge in [0, 0.05) is 5.54 Å². The van der Waals surface area contributed by atoms with E-state index >= 15 is 0 Å². The number of benzene rings is 1. The van der Waals surface area contributed by atoms with Crippen LogP contribution in [0.5, 0.6) is 11.5 Å². The third-order valence-corrected chi connectivity index (χ3v) is 3.68. The molecule has 0 aromatic heterocycles. The van der Waals surface area contributed by atoms with E-state index in [1.165, 1.54) is 24.0 Å². The fourth-order valence-electron chi connectivity index (χ4n) is 2.76. The van der Waals surface area contributed by atoms with Gasteiger partial charge in [-0.2, -0.15) is 0 Å². The first kappa shape index (κ1) is 9.97. The molecule has 0 aliphatic carbocycles. The number of nitrogens with one attached hydrogen (secondary N) is 1. The van der Waals surface area contributed by atoms with Crippen molar-refractivity contribution >= 4 is 0 Å². The first-order valence-corrected chi connectivity index (χ1v) is 5.85. The summed E-state index contributed by atoms with van der Waals surface area (Å²) in [4.78, 5) is 0. The molecule has 1 aromatic carbocycles. The molecule has 0 saturated carbocycles. The van der Waals surface area contributed by atoms with Crippen LogP contribution in [0.25, 0.3) is 0 Å². The predicted octanol–water partition coefficient (Wildman–Crippen LogP) is 2.32. The number of hydrogen-bond donors (Lipinski definition) is 1. The molecule has 3 rings (SSSR count). The Labute approximate surface area is 95.8 Å². The van der Waals surface area contributed by atoms with Crippen molar-refractivity contribution in [2.45, 2.75) is 32.2 Å². The zero-order chi connectivity index (χ0) is 11.2. The average Bonchev–Trinajstić information content (AvgIpc) is 2.85. The minimum atomic E-state index is 0.102. The number of rotatable bonds is 1. The van der Waals surface area contributed by atoms with E-state index in [2.05, 4.69) is 31.3 Å². The molecule has 16 heavy (non-hydrogen) atoms. The molecule has 3 heteroatoms. The molecule has 0 amide bonds. The molecule has 0 radical (unpaired) electrons. The van der Waals surface area contributed by atoms with Gasteiger partial charge < -0.3 is 14.8 Å². The summed E-state index contributed by atoms with van der Waals surface area (Å²) < 4.78 is 10.8. The number of hydrogen-bond acceptors (Lipinski definition) is 3. The van der Waals surface area contributed by atoms with E-state index in [0.29, 0.717) is 6.79 Å². The van der Waals surface area contributed by atoms with Crippen molar-refractivity contribution in [2.24, 2.45) is 0 Å². The maximum atomic E-state index is 5.45. The van der Waals surface area contributed by atoms with Gasteiger partial charge in [0.2, 0.25) is 6.79 Å². The second kappa shape index (κ2) is 3.39. The maximum Gasteiger partial charge on any atom is 0.231 e. The van der Waals surface area contributed by atoms with Gasteiger partial charge in [0.05, 0.1) is 0 Å². The molecule has 86 valence electrons. The zero-order valence-electron chi connectivity index (χ0n) is 9.80. The second-order valence-corrected chi connectivity index (χ2v) is 4.88. The molecule has 1 unspecified atom stereocenters. The van der Waals surface area contributed by atoms with Gasteiger partial charge in [0.1, 0.15) is 0 Å². The lowest BCUT2D eigenvalue weighted by Crippen LogP contribution is -2.33. The van der Waals surface area contributed by atoms with Crippen molar-refractivity contribution < 1.29 is 9.47 Å². The van der Waals surface area contributed by atoms with Crippen LogP contribution < -0.4 is 14.8 Å². The normalized spacial score (nSPS) is 27.4. The van der Waals surface area contributed by atoms with Crippen molar-refractivity contribution in [3.63, 3.8) is 0 Å². The standard InChI is InChI=1S/C13H17NO2/c1-9-6-11-12(16-8-15-11)7-10(9)13(2)4-3-5-14-13/h6-7,14H,3-5,8H2,1-2H3. The Morgan fingerprint density at radius 1 is 1.25 bits per heavy atom. The molecular formula is C13H17NO2. The Balaban J connectivity index is 2.07. The summed E-state index contributed by atoms with van der Waals surface area (Å²) in [5.41, 5.74) is 2.72. The maximum absolute atomic E-state index is 5.45. The fourth-order valence-corrected chi connectivity index (χ4v) is 2.76. The summed E-state index contributed by atoms with van der Waals surface area (Å²) in [6.45, 7) is 5.86. The monoisotopic (exact) mass is 219 g/mol. The molecule has 2 heterocycles. The number of ether oxygens (including phenoxy) is 2. The summed E-state index contributed by atoms with van der Waals surface area (Å²) >= 11 is 0. The van der Waals surface area contributed by atoms with Crippen molar-refractivity contribution in [1.82, 2.24) is 5.32 Å². The number of fused-ring (bicyclic) bond motifs is 1. The van der Waals surface area contributed by atoms with Crippen molar-refractivity contribution in [3.8, 4) is 11.5 Å². The quantitative estimate of drug-likeness (QED) is 0.786. The van der Waals surface area contributed by atoms with Gasteiger partial charge in [-0.1, -0.05) is 0 Å². The SMILES string of the molecule is Cc1cc2c(cc1C1(C)CCCN1)OCO2. The molecule has 1 N–H and O–H groups in total. The Morgan fingerprint density at radius 3 is 2.69 bits per heavy atom. The summed E-state index contributed by atoms with van der Waals surface area (Å²) in [5, 5.41) is 3.58. The van der Waals surface area contributed by atoms with E-state index in [0.717, 1.165) is 18.0 Å². The first-order valence-electron chi connectivity index (χ1n) is 5.85. The van der Waals surface area contributed by atoms with Crippen LogP contribution in [-0.2, 0) is 5.54 Å². The second-order valence-electron chi connectivity index (χ2n) is 4.88. The molecule has 1 fully saturated rings. The lowest BCUT2D eigenvalue weighted by Gasteiger charge is -2.27. The Kier molecular flexibility index (Phi) is 2.11. The van der Waals surface area contributed by atoms with E-state index < -0.39 is 0 Å². The largest absolute Gasteiger partial charge is 0.454 e. The number of aryl methyl sites for hydroxylation is 1. The minimum absolute atomic E-state index is 0.102. The van der Waals surface area contributed by atoms with Gasteiger partial charge in [-0.05, 0) is 56.5 Å². The molecule has 1 saturated heterocycles. The summed E-state index contributed by atoms with van der Waals surface area (Å²) in [6.07, 6.45) is 2.43. The van der Waals surface area contributed by atoms with Crippen LogP contribution in [-0.4, -0.2) is 13.3 Å². The van der Waals surface area contributed by atoms with Gasteiger partial charge >= 0.3 is 0 Å². The molecular weight excluding hydrogens is 202 g/mol. The zero-order valence-corrected chi connectivity index (χ0v) is 9.80. The highest BCUT2D eigenvalue weighted by Gasteiger charge is 2.32. The Bertz CT molecular complexity index is 422. The summed E-state index contributed by atoms with van der Waals surface area (Å²) in [6, 6.07) is 4.22. The van der Waals surface area contributed by atoms with Crippen LogP contribution in [0.4, 0.5) is 0 Å². The predicted molar refractivity (Wildman–Crippen MR) is 61.9 cm³/mol. The van der Waals surface area contributed by atoms with Crippen LogP contribution in [0.15, 0.2) is 12.1 Å². The summed E-state index contributed by atoms with van der Waals surface area (Å²) in [5.74, 6) is 1.76. The highest BCUT2D eigenvalue weighted by atomic mass is 16.7. The average molecular weight is 219 g/mol. The third kappa shape index (κ3) is 1.39. The van der Waals surface area contributed by atoms with Crippen molar-refractivity contribution in [1.29, 1.82) is 0 Å². The van der Waals surface area contributed by atoms with Crippen LogP contribution in [0, 0.1) is 6.92 Å². The van der Waals surface area contributed by atoms with Gasteiger partial charge in [-0.15, -0.1) is 0 Å². The highest BCUT2D eigenvalue weighted by molar-refractivity contribution is 5.50. The van der Waals surface area contributed by atoms with Crippen molar-refractivity contribution in [3.05, 3.63) is 23.3 Å². The van der Waals surface area contributed by atoms with E-state index in [-0.39, 0.29) is 5.54 Å². The molecule has 0 spiro atoms. The first-order chi connectivity index (χ1) is 7.69. The van der Waals surface area contributed by atoms with Crippen LogP contribution in [0.2, 0.25) is 0 Å². The van der Waals surface area contributed by atoms with Crippen LogP contribution in [0.3, 0.4) is 0 Å². The van der Waals surface area contributed by atoms with Crippen molar-refractivity contribution in [2.75, 3.05) is 13.3 Å². The van der Waals surface area contributed by atoms with E-state index in [9.17, 15) is 0 Å². The molecule has 1 atom stereocenters. The fraction of sp³-hybridized carbons (Fsp3) is 0.538. The molecule has 2 aliphatic rings. The van der Waals surface area contributed by atoms with Gasteiger partial charge in [0.25, 0.3) is 0 Å². The topological polar surface area (TPSA) is 30.5 Å². The van der Waals surface area contributed by atoms with Gasteiger partial charge in [-0.25, -0.2) is 0 Å². The lowest BCUT2D eigenvalue weighted by atomic mass is 9.87. The molecule has 2 aliphatic heterocycles. The Morgan fingerprint density at radius 2 is 2.00 bits per heavy atom. The highest BCUT2D eigenvalue weighted by Crippen LogP contribution is 2.40. The van der Waals surface area contributed by atoms with Gasteiger partial charge in [-0.3, -0.25) is 0 Å². The van der Waals surface area contributed by atoms with E-state index in [1.807, 2.05) is 0 Å². The van der Waals surface area contributed by atoms with Gasteiger partial charge in [0.15, 0.2) is 11.5 Å². The van der Waals surface area contributed by atoms with Crippen LogP contribution in [0.1, 0.15) is 30.9 Å². The minimum Gasteiger partial charge on any atom is -0.454 e. The molecule has 3 nitrogen and oxygen atoms in total. The van der Waals surface area contributed by atoms with E-state index in [4.69, 9.17) is 9.47 Å². The van der Waals surface area contributed by atoms with Crippen LogP contribution >= 0.6 is 0 Å². The summed E-state index contributed by atoms with van der Waals surface area (Å²) in [7, 11) is 0. The lowest BCUT2D eigenvalue weighted by molar-refractivity contribution is 0.174. The Hall–Kier alpha value is -1.22. The van der Waals surface area contributed by atoms with E-state index in [1.54, 1.807) is 0 Å². The molecule has 1 aromatic rings. The third-order valence-electron chi connectivity index (χ3n) is 3.68. The smallest absolute Gasteiger partial charge is 0.231 e.